The zero-order valence-corrected chi connectivity index (χ0v) is 17.7. The van der Waals surface area contributed by atoms with E-state index < -0.39 is 23.4 Å². The second-order valence-corrected chi connectivity index (χ2v) is 6.67. The van der Waals surface area contributed by atoms with Crippen molar-refractivity contribution in [2.45, 2.75) is 20.3 Å². The van der Waals surface area contributed by atoms with Crippen molar-refractivity contribution in [2.75, 3.05) is 30.6 Å². The highest BCUT2D eigenvalue weighted by atomic mass is 19.1. The summed E-state index contributed by atoms with van der Waals surface area (Å²) in [5, 5.41) is 7.59. The second kappa shape index (κ2) is 9.15. The molecule has 2 aromatic rings. The summed E-state index contributed by atoms with van der Waals surface area (Å²) in [6.45, 7) is 3.76. The van der Waals surface area contributed by atoms with E-state index in [-0.39, 0.29) is 24.6 Å². The maximum absolute atomic E-state index is 15.0. The van der Waals surface area contributed by atoms with Gasteiger partial charge in [0.05, 0.1) is 32.1 Å². The summed E-state index contributed by atoms with van der Waals surface area (Å²) in [4.78, 5) is 20.0. The molecule has 1 N–H and O–H groups in total. The first-order valence-electron chi connectivity index (χ1n) is 9.60. The number of amides is 2. The van der Waals surface area contributed by atoms with Crippen molar-refractivity contribution in [3.63, 3.8) is 0 Å². The predicted molar refractivity (Wildman–Crippen MR) is 117 cm³/mol. The van der Waals surface area contributed by atoms with Crippen molar-refractivity contribution >= 4 is 36.5 Å². The fraction of sp³-hybridized carbons (Fsp3) is 0.286. The molecular formula is C21H22BF2N4O3. The first-order chi connectivity index (χ1) is 14.9. The number of urea groups is 1. The lowest BCUT2D eigenvalue weighted by Gasteiger charge is -2.37. The van der Waals surface area contributed by atoms with Crippen LogP contribution in [0.25, 0.3) is 5.57 Å². The number of carbonyl (C=O) groups excluding carboxylic acids is 1. The molecule has 0 saturated carbocycles. The standard InChI is InChI=1S/C21H22BF2N4O3/c1-5-27-15-6-14(12(9-25)8-22-2)26-10-13(15)11-28(21(27)29)20-18(23)16(30-3)7-17(31-4)19(20)24/h6-10,25H,5,11H2,1-4H3/b12-8+,25-9?. The summed E-state index contributed by atoms with van der Waals surface area (Å²) in [6, 6.07) is 2.20. The molecule has 0 unspecified atom stereocenters. The number of ether oxygens (including phenoxy) is 2. The van der Waals surface area contributed by atoms with Crippen molar-refractivity contribution in [3.05, 3.63) is 47.2 Å². The van der Waals surface area contributed by atoms with Gasteiger partial charge in [0.15, 0.2) is 23.1 Å². The van der Waals surface area contributed by atoms with Gasteiger partial charge in [-0.2, -0.15) is 0 Å². The number of nitrogens with one attached hydrogen (secondary N) is 1. The Hall–Kier alpha value is -3.43. The van der Waals surface area contributed by atoms with Gasteiger partial charge in [-0.25, -0.2) is 13.6 Å². The molecule has 31 heavy (non-hydrogen) atoms. The van der Waals surface area contributed by atoms with E-state index in [2.05, 4.69) is 4.98 Å². The number of anilines is 2. The van der Waals surface area contributed by atoms with E-state index in [4.69, 9.17) is 14.9 Å². The number of benzene rings is 1. The molecule has 0 spiro atoms. The average molecular weight is 427 g/mol. The summed E-state index contributed by atoms with van der Waals surface area (Å²) >= 11 is 0. The normalized spacial score (nSPS) is 13.7. The fourth-order valence-electron chi connectivity index (χ4n) is 3.47. The quantitative estimate of drug-likeness (QED) is 0.534. The summed E-state index contributed by atoms with van der Waals surface area (Å²) in [5.74, 6) is -0.723. The number of carbonyl (C=O) groups is 1. The number of fused-ring (bicyclic) bond motifs is 1. The zero-order valence-electron chi connectivity index (χ0n) is 17.7. The minimum absolute atomic E-state index is 0.0916. The molecular weight excluding hydrogens is 405 g/mol. The summed E-state index contributed by atoms with van der Waals surface area (Å²) in [6.07, 6.45) is 2.72. The van der Waals surface area contributed by atoms with Crippen LogP contribution in [0.15, 0.2) is 24.3 Å². The minimum atomic E-state index is -0.995. The van der Waals surface area contributed by atoms with Gasteiger partial charge in [0.1, 0.15) is 13.0 Å². The molecule has 3 rings (SSSR count). The van der Waals surface area contributed by atoms with E-state index in [1.807, 2.05) is 6.82 Å². The van der Waals surface area contributed by atoms with Gasteiger partial charge < -0.3 is 14.9 Å². The molecule has 7 nitrogen and oxygen atoms in total. The van der Waals surface area contributed by atoms with Crippen molar-refractivity contribution < 1.29 is 23.0 Å². The molecule has 161 valence electrons. The molecule has 0 aliphatic carbocycles. The van der Waals surface area contributed by atoms with Gasteiger partial charge in [-0.3, -0.25) is 14.8 Å². The maximum Gasteiger partial charge on any atom is 0.329 e. The number of methoxy groups -OCH3 is 2. The lowest BCUT2D eigenvalue weighted by molar-refractivity contribution is 0.249. The molecule has 1 aromatic heterocycles. The molecule has 0 bridgehead atoms. The van der Waals surface area contributed by atoms with Crippen molar-refractivity contribution in [1.82, 2.24) is 4.98 Å². The van der Waals surface area contributed by atoms with Crippen molar-refractivity contribution in [3.8, 4) is 11.5 Å². The van der Waals surface area contributed by atoms with Crippen LogP contribution in [0.5, 0.6) is 11.5 Å². The Balaban J connectivity index is 2.15. The van der Waals surface area contributed by atoms with Crippen LogP contribution in [0.1, 0.15) is 18.2 Å². The molecule has 1 aliphatic heterocycles. The van der Waals surface area contributed by atoms with Crippen LogP contribution in [-0.4, -0.2) is 45.3 Å². The maximum atomic E-state index is 15.0. The first-order valence-corrected chi connectivity index (χ1v) is 9.60. The van der Waals surface area contributed by atoms with Gasteiger partial charge in [0.2, 0.25) is 0 Å². The van der Waals surface area contributed by atoms with Crippen LogP contribution < -0.4 is 19.3 Å². The Kier molecular flexibility index (Phi) is 6.57. The van der Waals surface area contributed by atoms with Gasteiger partial charge in [-0.1, -0.05) is 6.82 Å². The number of hydrogen-bond donors (Lipinski definition) is 1. The van der Waals surface area contributed by atoms with Crippen LogP contribution in [-0.2, 0) is 6.54 Å². The van der Waals surface area contributed by atoms with E-state index >= 15 is 8.78 Å². The third-order valence-electron chi connectivity index (χ3n) is 4.98. The predicted octanol–water partition coefficient (Wildman–Crippen LogP) is 4.09. The minimum Gasteiger partial charge on any atom is -0.493 e. The van der Waals surface area contributed by atoms with Crippen molar-refractivity contribution in [2.24, 2.45) is 0 Å². The Labute approximate surface area is 180 Å². The summed E-state index contributed by atoms with van der Waals surface area (Å²) < 4.78 is 40.0. The molecule has 1 radical (unpaired) electrons. The zero-order chi connectivity index (χ0) is 22.7. The smallest absolute Gasteiger partial charge is 0.329 e. The van der Waals surface area contributed by atoms with Crippen LogP contribution in [0.2, 0.25) is 6.82 Å². The molecule has 1 aliphatic rings. The number of halogens is 2. The fourth-order valence-corrected chi connectivity index (χ4v) is 3.47. The molecule has 1 aromatic carbocycles. The first kappa shape index (κ1) is 22.3. The number of hydrogen-bond acceptors (Lipinski definition) is 5. The SMILES string of the molecule is C[B]/C=C(\C=N)c1cc2c(cn1)CN(c1c(F)c(OC)cc(OC)c1F)C(=O)N2CC. The van der Waals surface area contributed by atoms with E-state index in [0.717, 1.165) is 11.0 Å². The van der Waals surface area contributed by atoms with E-state index in [9.17, 15) is 4.79 Å². The van der Waals surface area contributed by atoms with Crippen molar-refractivity contribution in [1.29, 1.82) is 5.41 Å². The van der Waals surface area contributed by atoms with Gasteiger partial charge in [-0.15, -0.1) is 5.98 Å². The highest BCUT2D eigenvalue weighted by Crippen LogP contribution is 2.41. The molecule has 0 fully saturated rings. The van der Waals surface area contributed by atoms with E-state index in [0.29, 0.717) is 22.5 Å². The van der Waals surface area contributed by atoms with E-state index in [1.54, 1.807) is 32.4 Å². The summed E-state index contributed by atoms with van der Waals surface area (Å²) in [5.41, 5.74) is 1.73. The number of nitrogens with zero attached hydrogens (tertiary/aromatic N) is 3. The van der Waals surface area contributed by atoms with Gasteiger partial charge in [-0.05, 0) is 13.0 Å². The van der Waals surface area contributed by atoms with Gasteiger partial charge in [0.25, 0.3) is 0 Å². The Morgan fingerprint density at radius 3 is 2.42 bits per heavy atom. The lowest BCUT2D eigenvalue weighted by Crippen LogP contribution is -2.48. The Bertz CT molecular complexity index is 1030. The molecule has 2 amide bonds. The number of pyridine rings is 1. The lowest BCUT2D eigenvalue weighted by atomic mass is 9.80. The van der Waals surface area contributed by atoms with Gasteiger partial charge in [0, 0.05) is 36.2 Å². The van der Waals surface area contributed by atoms with Crippen LogP contribution in [0.4, 0.5) is 25.0 Å². The topological polar surface area (TPSA) is 78.8 Å². The summed E-state index contributed by atoms with van der Waals surface area (Å²) in [7, 11) is 4.28. The van der Waals surface area contributed by atoms with Crippen LogP contribution in [0.3, 0.4) is 0 Å². The van der Waals surface area contributed by atoms with Gasteiger partial charge >= 0.3 is 6.03 Å². The van der Waals surface area contributed by atoms with Crippen LogP contribution in [0, 0.1) is 17.0 Å². The Morgan fingerprint density at radius 2 is 1.90 bits per heavy atom. The number of aromatic nitrogens is 1. The molecule has 0 saturated heterocycles. The third kappa shape index (κ3) is 3.85. The molecule has 0 atom stereocenters. The molecule has 10 heteroatoms. The average Bonchev–Trinajstić information content (AvgIpc) is 2.78. The number of rotatable bonds is 7. The molecule has 2 heterocycles. The number of allylic oxidation sites excluding steroid dienone is 1. The monoisotopic (exact) mass is 427 g/mol. The van der Waals surface area contributed by atoms with Crippen LogP contribution >= 0.6 is 0 Å². The third-order valence-corrected chi connectivity index (χ3v) is 4.98. The second-order valence-electron chi connectivity index (χ2n) is 6.67. The van der Waals surface area contributed by atoms with E-state index in [1.165, 1.54) is 25.3 Å². The Morgan fingerprint density at radius 1 is 1.26 bits per heavy atom. The highest BCUT2D eigenvalue weighted by Gasteiger charge is 2.36. The largest absolute Gasteiger partial charge is 0.493 e. The highest BCUT2D eigenvalue weighted by molar-refractivity contribution is 6.44.